The normalized spacial score (nSPS) is 40.7. The van der Waals surface area contributed by atoms with Gasteiger partial charge in [-0.3, -0.25) is 9.63 Å². The number of nitrogens with zero attached hydrogens (tertiary/aromatic N) is 1. The zero-order valence-corrected chi connectivity index (χ0v) is 21.4. The second-order valence-corrected chi connectivity index (χ2v) is 12.2. The molecule has 0 heterocycles. The Balaban J connectivity index is 1.38. The highest BCUT2D eigenvalue weighted by atomic mass is 16.7. The summed E-state index contributed by atoms with van der Waals surface area (Å²) >= 11 is 0. The first-order valence-corrected chi connectivity index (χ1v) is 13.4. The number of hydrogen-bond acceptors (Lipinski definition) is 5. The molecular weight excluding hydrogens is 414 g/mol. The number of ketones is 1. The van der Waals surface area contributed by atoms with Crippen LogP contribution >= 0.6 is 0 Å². The van der Waals surface area contributed by atoms with Crippen LogP contribution in [-0.4, -0.2) is 36.7 Å². The highest BCUT2D eigenvalue weighted by Gasteiger charge is 2.60. The van der Waals surface area contributed by atoms with Gasteiger partial charge < -0.3 is 10.6 Å². The first-order valence-electron chi connectivity index (χ1n) is 13.4. The second-order valence-electron chi connectivity index (χ2n) is 12.2. The lowest BCUT2D eigenvalue weighted by atomic mass is 9.44. The molecule has 0 aromatic rings. The zero-order chi connectivity index (χ0) is 23.8. The molecule has 0 saturated heterocycles. The van der Waals surface area contributed by atoms with E-state index in [0.29, 0.717) is 42.2 Å². The summed E-state index contributed by atoms with van der Waals surface area (Å²) in [6, 6.07) is 0.396. The molecular formula is C27H45N3O3. The molecule has 6 nitrogen and oxygen atoms in total. The van der Waals surface area contributed by atoms with Crippen LogP contribution in [0, 0.1) is 40.4 Å². The van der Waals surface area contributed by atoms with E-state index in [0.717, 1.165) is 49.1 Å². The van der Waals surface area contributed by atoms with Crippen molar-refractivity contribution in [1.82, 2.24) is 10.6 Å². The van der Waals surface area contributed by atoms with Crippen LogP contribution in [0.15, 0.2) is 5.16 Å². The molecule has 6 heteroatoms. The minimum atomic E-state index is -0.471. The van der Waals surface area contributed by atoms with Gasteiger partial charge >= 0.3 is 6.09 Å². The molecule has 1 amide bonds. The lowest BCUT2D eigenvalue weighted by Crippen LogP contribution is -2.53. The smallest absolute Gasteiger partial charge is 0.318 e. The number of carbonyl (C=O) groups is 2. The minimum Gasteiger partial charge on any atom is -0.318 e. The van der Waals surface area contributed by atoms with Gasteiger partial charge in [0.2, 0.25) is 0 Å². The average molecular weight is 460 g/mol. The second kappa shape index (κ2) is 9.67. The molecule has 4 aliphatic carbocycles. The van der Waals surface area contributed by atoms with Gasteiger partial charge in [0.05, 0.1) is 5.71 Å². The molecule has 4 saturated carbocycles. The Morgan fingerprint density at radius 1 is 1.06 bits per heavy atom. The summed E-state index contributed by atoms with van der Waals surface area (Å²) in [5.74, 6) is 3.74. The molecule has 7 atom stereocenters. The van der Waals surface area contributed by atoms with Crippen LogP contribution in [0.2, 0.25) is 0 Å². The summed E-state index contributed by atoms with van der Waals surface area (Å²) in [4.78, 5) is 29.4. The lowest BCUT2D eigenvalue weighted by molar-refractivity contribution is -0.138. The van der Waals surface area contributed by atoms with Crippen LogP contribution in [0.4, 0.5) is 4.79 Å². The van der Waals surface area contributed by atoms with Crippen molar-refractivity contribution >= 4 is 17.6 Å². The Morgan fingerprint density at radius 2 is 1.82 bits per heavy atom. The van der Waals surface area contributed by atoms with Crippen molar-refractivity contribution in [2.75, 3.05) is 13.1 Å². The van der Waals surface area contributed by atoms with Gasteiger partial charge in [0, 0.05) is 37.9 Å². The van der Waals surface area contributed by atoms with Crippen LogP contribution in [0.25, 0.3) is 0 Å². The SMILES string of the molecule is C/C(=N\OC(=O)NCCNC(C)C)[C@H]1CC[C@H]2[C@@H]3CC[C@@H]4CC(=O)CC[C@]4(C)[C@H]3CC[C@]12C. The number of rotatable bonds is 6. The Hall–Kier alpha value is -1.43. The summed E-state index contributed by atoms with van der Waals surface area (Å²) in [5.41, 5.74) is 1.56. The first kappa shape index (κ1) is 24.7. The van der Waals surface area contributed by atoms with Crippen molar-refractivity contribution in [2.45, 2.75) is 98.4 Å². The molecule has 2 N–H and O–H groups in total. The fraction of sp³-hybridized carbons (Fsp3) is 0.889. The van der Waals surface area contributed by atoms with Crippen LogP contribution < -0.4 is 10.6 Å². The number of amides is 1. The van der Waals surface area contributed by atoms with Crippen LogP contribution in [0.1, 0.15) is 92.4 Å². The third kappa shape index (κ3) is 4.74. The van der Waals surface area contributed by atoms with Crippen molar-refractivity contribution in [3.05, 3.63) is 0 Å². The summed E-state index contributed by atoms with van der Waals surface area (Å²) in [5, 5.41) is 10.3. The number of Topliss-reactive ketones (excluding diaryl/α,β-unsaturated/α-hetero) is 1. The van der Waals surface area contributed by atoms with E-state index < -0.39 is 6.09 Å². The number of oxime groups is 1. The molecule has 0 bridgehead atoms. The number of hydrogen-bond donors (Lipinski definition) is 2. The Kier molecular flexibility index (Phi) is 7.24. The predicted molar refractivity (Wildman–Crippen MR) is 131 cm³/mol. The molecule has 33 heavy (non-hydrogen) atoms. The van der Waals surface area contributed by atoms with Crippen molar-refractivity contribution in [3.63, 3.8) is 0 Å². The van der Waals surface area contributed by atoms with Gasteiger partial charge in [-0.2, -0.15) is 0 Å². The van der Waals surface area contributed by atoms with E-state index in [9.17, 15) is 9.59 Å². The van der Waals surface area contributed by atoms with Crippen LogP contribution in [-0.2, 0) is 9.63 Å². The standard InChI is InChI=1S/C27H45N3O3/c1-17(2)28-14-15-29-25(32)33-30-18(3)22-8-9-23-21-7-6-19-16-20(31)10-12-26(19,4)24(21)11-13-27(22,23)5/h17,19,21-24,28H,6-16H2,1-5H3,(H,29,32)/b30-18+/t19-,21+,22-,23+,24+,26+,27-/m1/s1. The van der Waals surface area contributed by atoms with Crippen molar-refractivity contribution in [3.8, 4) is 0 Å². The van der Waals surface area contributed by atoms with Gasteiger partial charge in [0.1, 0.15) is 5.78 Å². The fourth-order valence-corrected chi connectivity index (χ4v) is 8.47. The van der Waals surface area contributed by atoms with Gasteiger partial charge in [-0.05, 0) is 86.4 Å². The first-order chi connectivity index (χ1) is 15.6. The maximum atomic E-state index is 12.1. The van der Waals surface area contributed by atoms with Crippen molar-refractivity contribution in [2.24, 2.45) is 45.6 Å². The van der Waals surface area contributed by atoms with Gasteiger partial charge in [0.15, 0.2) is 0 Å². The Labute approximate surface area is 200 Å². The highest BCUT2D eigenvalue weighted by molar-refractivity contribution is 5.85. The van der Waals surface area contributed by atoms with E-state index in [1.807, 2.05) is 6.92 Å². The number of nitrogens with one attached hydrogen (secondary N) is 2. The van der Waals surface area contributed by atoms with Crippen LogP contribution in [0.5, 0.6) is 0 Å². The third-order valence-corrected chi connectivity index (χ3v) is 10.2. The third-order valence-electron chi connectivity index (χ3n) is 10.2. The molecule has 4 fully saturated rings. The summed E-state index contributed by atoms with van der Waals surface area (Å²) in [6.07, 6.45) is 9.63. The Bertz CT molecular complexity index is 781. The summed E-state index contributed by atoms with van der Waals surface area (Å²) < 4.78 is 0. The van der Waals surface area contributed by atoms with Crippen molar-refractivity contribution in [1.29, 1.82) is 0 Å². The molecule has 0 spiro atoms. The molecule has 186 valence electrons. The maximum absolute atomic E-state index is 12.1. The zero-order valence-electron chi connectivity index (χ0n) is 21.4. The highest BCUT2D eigenvalue weighted by Crippen LogP contribution is 2.67. The van der Waals surface area contributed by atoms with Gasteiger partial charge in [0.25, 0.3) is 0 Å². The number of carbonyl (C=O) groups excluding carboxylic acids is 2. The molecule has 0 aromatic carbocycles. The molecule has 4 aliphatic rings. The van der Waals surface area contributed by atoms with E-state index in [2.05, 4.69) is 43.5 Å². The molecule has 4 rings (SSSR count). The molecule has 0 aliphatic heterocycles. The average Bonchev–Trinajstić information content (AvgIpc) is 3.12. The van der Waals surface area contributed by atoms with Gasteiger partial charge in [-0.15, -0.1) is 0 Å². The minimum absolute atomic E-state index is 0.240. The topological polar surface area (TPSA) is 79.8 Å². The maximum Gasteiger partial charge on any atom is 0.433 e. The van der Waals surface area contributed by atoms with E-state index in [-0.39, 0.29) is 5.41 Å². The molecule has 0 unspecified atom stereocenters. The summed E-state index contributed by atoms with van der Waals surface area (Å²) in [7, 11) is 0. The molecule has 0 radical (unpaired) electrons. The van der Waals surface area contributed by atoms with E-state index >= 15 is 0 Å². The molecule has 0 aromatic heterocycles. The van der Waals surface area contributed by atoms with Crippen LogP contribution in [0.3, 0.4) is 0 Å². The summed E-state index contributed by atoms with van der Waals surface area (Å²) in [6.45, 7) is 12.4. The largest absolute Gasteiger partial charge is 0.433 e. The Morgan fingerprint density at radius 3 is 2.58 bits per heavy atom. The van der Waals surface area contributed by atoms with E-state index in [4.69, 9.17) is 4.84 Å². The lowest BCUT2D eigenvalue weighted by Gasteiger charge is -2.60. The fourth-order valence-electron chi connectivity index (χ4n) is 8.47. The van der Waals surface area contributed by atoms with Gasteiger partial charge in [-0.25, -0.2) is 4.79 Å². The van der Waals surface area contributed by atoms with Gasteiger partial charge in [-0.1, -0.05) is 32.9 Å². The van der Waals surface area contributed by atoms with Crippen molar-refractivity contribution < 1.29 is 14.4 Å². The number of fused-ring (bicyclic) bond motifs is 5. The predicted octanol–water partition coefficient (Wildman–Crippen LogP) is 5.31. The van der Waals surface area contributed by atoms with E-state index in [1.165, 1.54) is 32.1 Å². The quantitative estimate of drug-likeness (QED) is 0.244. The van der Waals surface area contributed by atoms with E-state index in [1.54, 1.807) is 0 Å². The monoisotopic (exact) mass is 459 g/mol.